The second kappa shape index (κ2) is 5.71. The summed E-state index contributed by atoms with van der Waals surface area (Å²) < 4.78 is 1.74. The molecule has 0 fully saturated rings. The van der Waals surface area contributed by atoms with E-state index in [0.717, 1.165) is 11.3 Å². The number of nitrogens with one attached hydrogen (secondary N) is 1. The summed E-state index contributed by atoms with van der Waals surface area (Å²) in [6.07, 6.45) is 2.51. The van der Waals surface area contributed by atoms with Crippen LogP contribution in [0.25, 0.3) is 0 Å². The highest BCUT2D eigenvalue weighted by molar-refractivity contribution is 6.42. The first-order valence-corrected chi connectivity index (χ1v) is 6.26. The summed E-state index contributed by atoms with van der Waals surface area (Å²) in [7, 11) is 1.86. The Labute approximate surface area is 116 Å². The van der Waals surface area contributed by atoms with Gasteiger partial charge in [-0.05, 0) is 24.1 Å². The Balaban J connectivity index is 2.23. The summed E-state index contributed by atoms with van der Waals surface area (Å²) in [6.45, 7) is 0. The molecule has 0 radical (unpaired) electrons. The molecular formula is C12H14Cl2N4. The van der Waals surface area contributed by atoms with Gasteiger partial charge in [-0.1, -0.05) is 35.3 Å². The molecule has 0 spiro atoms. The first-order chi connectivity index (χ1) is 8.61. The van der Waals surface area contributed by atoms with Crippen LogP contribution in [0.3, 0.4) is 0 Å². The molecule has 0 saturated carbocycles. The molecule has 1 unspecified atom stereocenters. The molecule has 18 heavy (non-hydrogen) atoms. The maximum absolute atomic E-state index is 6.16. The average Bonchev–Trinajstić information content (AvgIpc) is 2.78. The number of nitrogens with zero attached hydrogens (tertiary/aromatic N) is 2. The number of aromatic nitrogens is 2. The van der Waals surface area contributed by atoms with Gasteiger partial charge < -0.3 is 0 Å². The van der Waals surface area contributed by atoms with Crippen molar-refractivity contribution >= 4 is 23.2 Å². The fourth-order valence-electron chi connectivity index (χ4n) is 1.79. The summed E-state index contributed by atoms with van der Waals surface area (Å²) >= 11 is 12.1. The van der Waals surface area contributed by atoms with Crippen LogP contribution in [0, 0.1) is 0 Å². The number of hydrogen-bond acceptors (Lipinski definition) is 3. The van der Waals surface area contributed by atoms with Crippen molar-refractivity contribution in [1.82, 2.24) is 15.2 Å². The second-order valence-corrected chi connectivity index (χ2v) is 4.84. The van der Waals surface area contributed by atoms with Crippen LogP contribution in [0.5, 0.6) is 0 Å². The van der Waals surface area contributed by atoms with E-state index in [4.69, 9.17) is 29.0 Å². The fraction of sp³-hybridized carbons (Fsp3) is 0.250. The molecule has 0 bridgehead atoms. The van der Waals surface area contributed by atoms with Crippen LogP contribution in [-0.4, -0.2) is 9.78 Å². The third-order valence-corrected chi connectivity index (χ3v) is 3.61. The van der Waals surface area contributed by atoms with Crippen molar-refractivity contribution in [3.8, 4) is 0 Å². The Morgan fingerprint density at radius 3 is 2.78 bits per heavy atom. The van der Waals surface area contributed by atoms with E-state index in [9.17, 15) is 0 Å². The molecule has 2 aromatic rings. The third kappa shape index (κ3) is 2.84. The van der Waals surface area contributed by atoms with Crippen LogP contribution in [0.1, 0.15) is 17.3 Å². The van der Waals surface area contributed by atoms with E-state index in [1.165, 1.54) is 0 Å². The van der Waals surface area contributed by atoms with Crippen LogP contribution < -0.4 is 11.3 Å². The Morgan fingerprint density at radius 2 is 2.17 bits per heavy atom. The molecule has 4 nitrogen and oxygen atoms in total. The predicted octanol–water partition coefficient (Wildman–Crippen LogP) is 2.47. The van der Waals surface area contributed by atoms with Gasteiger partial charge in [-0.25, -0.2) is 0 Å². The highest BCUT2D eigenvalue weighted by atomic mass is 35.5. The predicted molar refractivity (Wildman–Crippen MR) is 73.4 cm³/mol. The number of benzene rings is 1. The maximum Gasteiger partial charge on any atom is 0.0810 e. The SMILES string of the molecule is Cn1ccc(C(Cc2cccc(Cl)c2Cl)NN)n1. The number of nitrogens with two attached hydrogens (primary N) is 1. The van der Waals surface area contributed by atoms with Crippen molar-refractivity contribution in [3.05, 3.63) is 51.8 Å². The van der Waals surface area contributed by atoms with Crippen molar-refractivity contribution in [2.75, 3.05) is 0 Å². The molecule has 96 valence electrons. The Kier molecular flexibility index (Phi) is 4.24. The quantitative estimate of drug-likeness (QED) is 0.670. The van der Waals surface area contributed by atoms with Gasteiger partial charge in [-0.15, -0.1) is 0 Å². The number of hydrazine groups is 1. The Hall–Kier alpha value is -1.07. The summed E-state index contributed by atoms with van der Waals surface area (Å²) in [5.41, 5.74) is 4.56. The third-order valence-electron chi connectivity index (χ3n) is 2.75. The minimum Gasteiger partial charge on any atom is -0.275 e. The Morgan fingerprint density at radius 1 is 1.39 bits per heavy atom. The maximum atomic E-state index is 6.16. The van der Waals surface area contributed by atoms with Crippen LogP contribution in [0.4, 0.5) is 0 Å². The molecule has 1 aromatic carbocycles. The molecule has 0 aliphatic heterocycles. The van der Waals surface area contributed by atoms with Gasteiger partial charge in [0.2, 0.25) is 0 Å². The zero-order valence-electron chi connectivity index (χ0n) is 9.90. The van der Waals surface area contributed by atoms with E-state index < -0.39 is 0 Å². The zero-order valence-corrected chi connectivity index (χ0v) is 11.4. The summed E-state index contributed by atoms with van der Waals surface area (Å²) in [4.78, 5) is 0. The van der Waals surface area contributed by atoms with Gasteiger partial charge in [0.15, 0.2) is 0 Å². The molecule has 1 heterocycles. The highest BCUT2D eigenvalue weighted by Crippen LogP contribution is 2.28. The lowest BCUT2D eigenvalue weighted by Crippen LogP contribution is -2.30. The van der Waals surface area contributed by atoms with E-state index in [1.54, 1.807) is 10.7 Å². The largest absolute Gasteiger partial charge is 0.275 e. The van der Waals surface area contributed by atoms with Crippen molar-refractivity contribution in [1.29, 1.82) is 0 Å². The van der Waals surface area contributed by atoms with Gasteiger partial charge in [-0.3, -0.25) is 16.0 Å². The van der Waals surface area contributed by atoms with E-state index in [2.05, 4.69) is 10.5 Å². The smallest absolute Gasteiger partial charge is 0.0810 e. The lowest BCUT2D eigenvalue weighted by molar-refractivity contribution is 0.529. The number of halogens is 2. The van der Waals surface area contributed by atoms with E-state index >= 15 is 0 Å². The van der Waals surface area contributed by atoms with Crippen molar-refractivity contribution in [2.45, 2.75) is 12.5 Å². The Bertz CT molecular complexity index is 539. The molecule has 1 aromatic heterocycles. The second-order valence-electron chi connectivity index (χ2n) is 4.05. The van der Waals surface area contributed by atoms with Gasteiger partial charge >= 0.3 is 0 Å². The minimum absolute atomic E-state index is 0.0952. The first kappa shape index (κ1) is 13.4. The van der Waals surface area contributed by atoms with E-state index in [-0.39, 0.29) is 6.04 Å². The molecule has 3 N–H and O–H groups in total. The van der Waals surface area contributed by atoms with Crippen LogP contribution >= 0.6 is 23.2 Å². The molecule has 2 rings (SSSR count). The molecule has 0 aliphatic rings. The van der Waals surface area contributed by atoms with Gasteiger partial charge in [0.05, 0.1) is 21.8 Å². The van der Waals surface area contributed by atoms with Crippen LogP contribution in [-0.2, 0) is 13.5 Å². The van der Waals surface area contributed by atoms with Gasteiger partial charge in [-0.2, -0.15) is 5.10 Å². The standard InChI is InChI=1S/C12H14Cl2N4/c1-18-6-5-10(17-18)11(16-15)7-8-3-2-4-9(13)12(8)14/h2-6,11,16H,7,15H2,1H3. The van der Waals surface area contributed by atoms with Crippen LogP contribution in [0.15, 0.2) is 30.5 Å². The summed E-state index contributed by atoms with van der Waals surface area (Å²) in [5, 5.41) is 5.44. The summed E-state index contributed by atoms with van der Waals surface area (Å²) in [5.74, 6) is 5.57. The number of hydrogen-bond donors (Lipinski definition) is 2. The van der Waals surface area contributed by atoms with E-state index in [1.807, 2.05) is 31.4 Å². The molecule has 0 aliphatic carbocycles. The number of rotatable bonds is 4. The van der Waals surface area contributed by atoms with Gasteiger partial charge in [0.25, 0.3) is 0 Å². The monoisotopic (exact) mass is 284 g/mol. The minimum atomic E-state index is -0.0952. The highest BCUT2D eigenvalue weighted by Gasteiger charge is 2.15. The van der Waals surface area contributed by atoms with Crippen molar-refractivity contribution in [2.24, 2.45) is 12.9 Å². The molecule has 0 amide bonds. The van der Waals surface area contributed by atoms with Crippen molar-refractivity contribution in [3.63, 3.8) is 0 Å². The average molecular weight is 285 g/mol. The van der Waals surface area contributed by atoms with Crippen LogP contribution in [0.2, 0.25) is 10.0 Å². The first-order valence-electron chi connectivity index (χ1n) is 5.50. The normalized spacial score (nSPS) is 12.7. The molecule has 6 heteroatoms. The van der Waals surface area contributed by atoms with Gasteiger partial charge in [0, 0.05) is 13.2 Å². The fourth-order valence-corrected chi connectivity index (χ4v) is 2.19. The summed E-state index contributed by atoms with van der Waals surface area (Å²) in [6, 6.07) is 7.39. The van der Waals surface area contributed by atoms with Gasteiger partial charge in [0.1, 0.15) is 0 Å². The number of aryl methyl sites for hydroxylation is 1. The molecule has 0 saturated heterocycles. The molecular weight excluding hydrogens is 271 g/mol. The lowest BCUT2D eigenvalue weighted by Gasteiger charge is -2.14. The van der Waals surface area contributed by atoms with Crippen molar-refractivity contribution < 1.29 is 0 Å². The molecule has 1 atom stereocenters. The van der Waals surface area contributed by atoms with E-state index in [0.29, 0.717) is 16.5 Å². The topological polar surface area (TPSA) is 55.9 Å². The lowest BCUT2D eigenvalue weighted by atomic mass is 10.0. The zero-order chi connectivity index (χ0) is 13.1.